The molecule has 94 valence electrons. The quantitative estimate of drug-likeness (QED) is 0.751. The monoisotopic (exact) mass is 237 g/mol. The molecule has 0 aromatic heterocycles. The van der Waals surface area contributed by atoms with Crippen LogP contribution in [0.15, 0.2) is 0 Å². The van der Waals surface area contributed by atoms with Crippen LogP contribution in [0.4, 0.5) is 13.2 Å². The number of nitrogens with zero attached hydrogens (tertiary/aromatic N) is 1. The second kappa shape index (κ2) is 5.17. The lowest BCUT2D eigenvalue weighted by atomic mass is 9.96. The number of piperidine rings is 1. The summed E-state index contributed by atoms with van der Waals surface area (Å²) in [5.41, 5.74) is 0. The Hall–Kier alpha value is -0.580. The SMILES string of the molecule is CC(C)C(=O)CN1CCC(C(F)(F)F)CC1. The van der Waals surface area contributed by atoms with E-state index in [9.17, 15) is 18.0 Å². The lowest BCUT2D eigenvalue weighted by Crippen LogP contribution is -2.41. The van der Waals surface area contributed by atoms with Crippen LogP contribution in [0.2, 0.25) is 0 Å². The molecule has 1 saturated heterocycles. The molecule has 1 aliphatic heterocycles. The van der Waals surface area contributed by atoms with Gasteiger partial charge in [0.2, 0.25) is 0 Å². The van der Waals surface area contributed by atoms with Gasteiger partial charge in [-0.05, 0) is 25.9 Å². The van der Waals surface area contributed by atoms with Crippen LogP contribution in [0.25, 0.3) is 0 Å². The fourth-order valence-corrected chi connectivity index (χ4v) is 1.82. The number of carbonyl (C=O) groups is 1. The molecule has 0 saturated carbocycles. The van der Waals surface area contributed by atoms with Crippen molar-refractivity contribution in [2.24, 2.45) is 11.8 Å². The summed E-state index contributed by atoms with van der Waals surface area (Å²) in [6.45, 7) is 4.67. The van der Waals surface area contributed by atoms with E-state index in [1.165, 1.54) is 0 Å². The molecule has 0 aromatic carbocycles. The van der Waals surface area contributed by atoms with Crippen LogP contribution in [0.1, 0.15) is 26.7 Å². The highest BCUT2D eigenvalue weighted by Gasteiger charge is 2.41. The van der Waals surface area contributed by atoms with Gasteiger partial charge in [-0.2, -0.15) is 13.2 Å². The highest BCUT2D eigenvalue weighted by atomic mass is 19.4. The van der Waals surface area contributed by atoms with Crippen molar-refractivity contribution in [3.8, 4) is 0 Å². The first-order valence-electron chi connectivity index (χ1n) is 5.62. The first-order valence-corrected chi connectivity index (χ1v) is 5.62. The molecule has 2 nitrogen and oxygen atoms in total. The van der Waals surface area contributed by atoms with Gasteiger partial charge in [-0.25, -0.2) is 0 Å². The number of hydrogen-bond donors (Lipinski definition) is 0. The van der Waals surface area contributed by atoms with E-state index in [1.54, 1.807) is 0 Å². The Morgan fingerprint density at radius 3 is 2.19 bits per heavy atom. The Morgan fingerprint density at radius 1 is 1.31 bits per heavy atom. The lowest BCUT2D eigenvalue weighted by molar-refractivity contribution is -0.185. The fourth-order valence-electron chi connectivity index (χ4n) is 1.82. The zero-order valence-electron chi connectivity index (χ0n) is 9.68. The Bertz CT molecular complexity index is 242. The molecule has 0 N–H and O–H groups in total. The minimum absolute atomic E-state index is 0.0414. The molecule has 0 unspecified atom stereocenters. The van der Waals surface area contributed by atoms with Gasteiger partial charge in [-0.15, -0.1) is 0 Å². The van der Waals surface area contributed by atoms with Gasteiger partial charge in [-0.1, -0.05) is 13.8 Å². The van der Waals surface area contributed by atoms with Crippen LogP contribution in [-0.4, -0.2) is 36.5 Å². The summed E-state index contributed by atoms with van der Waals surface area (Å²) in [5, 5.41) is 0. The zero-order valence-corrected chi connectivity index (χ0v) is 9.68. The van der Waals surface area contributed by atoms with Gasteiger partial charge in [0, 0.05) is 5.92 Å². The molecule has 1 aliphatic rings. The Morgan fingerprint density at radius 2 is 1.81 bits per heavy atom. The van der Waals surface area contributed by atoms with Gasteiger partial charge < -0.3 is 0 Å². The summed E-state index contributed by atoms with van der Waals surface area (Å²) in [6.07, 6.45) is -3.84. The Labute approximate surface area is 93.8 Å². The molecular formula is C11H18F3NO. The van der Waals surface area contributed by atoms with E-state index in [4.69, 9.17) is 0 Å². The third-order valence-corrected chi connectivity index (χ3v) is 3.07. The summed E-state index contributed by atoms with van der Waals surface area (Å²) < 4.78 is 37.1. The second-order valence-corrected chi connectivity index (χ2v) is 4.71. The topological polar surface area (TPSA) is 20.3 Å². The minimum Gasteiger partial charge on any atom is -0.298 e. The summed E-state index contributed by atoms with van der Waals surface area (Å²) in [5.74, 6) is -1.12. The molecule has 1 fully saturated rings. The first kappa shape index (κ1) is 13.5. The standard InChI is InChI=1S/C11H18F3NO/c1-8(2)10(16)7-15-5-3-9(4-6-15)11(12,13)14/h8-9H,3-7H2,1-2H3. The van der Waals surface area contributed by atoms with E-state index in [0.717, 1.165) is 0 Å². The predicted molar refractivity (Wildman–Crippen MR) is 55.1 cm³/mol. The fraction of sp³-hybridized carbons (Fsp3) is 0.909. The third-order valence-electron chi connectivity index (χ3n) is 3.07. The van der Waals surface area contributed by atoms with Crippen molar-refractivity contribution in [2.45, 2.75) is 32.9 Å². The van der Waals surface area contributed by atoms with Gasteiger partial charge in [0.15, 0.2) is 0 Å². The largest absolute Gasteiger partial charge is 0.391 e. The maximum absolute atomic E-state index is 12.4. The minimum atomic E-state index is -4.08. The van der Waals surface area contributed by atoms with E-state index in [-0.39, 0.29) is 24.5 Å². The van der Waals surface area contributed by atoms with Crippen molar-refractivity contribution in [1.29, 1.82) is 0 Å². The molecule has 16 heavy (non-hydrogen) atoms. The van der Waals surface area contributed by atoms with Gasteiger partial charge in [0.1, 0.15) is 5.78 Å². The molecular weight excluding hydrogens is 219 g/mol. The number of alkyl halides is 3. The predicted octanol–water partition coefficient (Wildman–Crippen LogP) is 2.49. The summed E-state index contributed by atoms with van der Waals surface area (Å²) in [7, 11) is 0. The van der Waals surface area contributed by atoms with Crippen LogP contribution < -0.4 is 0 Å². The molecule has 0 aliphatic carbocycles. The first-order chi connectivity index (χ1) is 7.30. The average molecular weight is 237 g/mol. The van der Waals surface area contributed by atoms with E-state index in [0.29, 0.717) is 19.6 Å². The molecule has 1 heterocycles. The number of rotatable bonds is 3. The number of ketones is 1. The zero-order chi connectivity index (χ0) is 12.3. The van der Waals surface area contributed by atoms with Crippen molar-refractivity contribution >= 4 is 5.78 Å². The van der Waals surface area contributed by atoms with Crippen molar-refractivity contribution in [2.75, 3.05) is 19.6 Å². The normalized spacial score (nSPS) is 20.4. The maximum atomic E-state index is 12.4. The molecule has 0 aromatic rings. The van der Waals surface area contributed by atoms with E-state index < -0.39 is 12.1 Å². The van der Waals surface area contributed by atoms with Gasteiger partial charge in [0.25, 0.3) is 0 Å². The summed E-state index contributed by atoms with van der Waals surface area (Å²) in [6, 6.07) is 0. The van der Waals surface area contributed by atoms with Crippen LogP contribution >= 0.6 is 0 Å². The summed E-state index contributed by atoms with van der Waals surface area (Å²) >= 11 is 0. The van der Waals surface area contributed by atoms with Crippen LogP contribution in [0.3, 0.4) is 0 Å². The highest BCUT2D eigenvalue weighted by molar-refractivity contribution is 5.82. The van der Waals surface area contributed by atoms with Gasteiger partial charge in [0.05, 0.1) is 12.5 Å². The number of hydrogen-bond acceptors (Lipinski definition) is 2. The van der Waals surface area contributed by atoms with Crippen LogP contribution in [0, 0.1) is 11.8 Å². The maximum Gasteiger partial charge on any atom is 0.391 e. The molecule has 0 bridgehead atoms. The molecule has 0 radical (unpaired) electrons. The van der Waals surface area contributed by atoms with Gasteiger partial charge in [-0.3, -0.25) is 9.69 Å². The van der Waals surface area contributed by atoms with Crippen molar-refractivity contribution in [1.82, 2.24) is 4.90 Å². The molecule has 1 rings (SSSR count). The lowest BCUT2D eigenvalue weighted by Gasteiger charge is -2.32. The molecule has 5 heteroatoms. The third kappa shape index (κ3) is 3.77. The van der Waals surface area contributed by atoms with E-state index in [2.05, 4.69) is 0 Å². The van der Waals surface area contributed by atoms with Crippen molar-refractivity contribution in [3.63, 3.8) is 0 Å². The smallest absolute Gasteiger partial charge is 0.298 e. The van der Waals surface area contributed by atoms with Crippen LogP contribution in [0.5, 0.6) is 0 Å². The molecule has 0 amide bonds. The molecule has 0 atom stereocenters. The van der Waals surface area contributed by atoms with E-state index >= 15 is 0 Å². The van der Waals surface area contributed by atoms with Crippen molar-refractivity contribution < 1.29 is 18.0 Å². The number of likely N-dealkylation sites (tertiary alicyclic amines) is 1. The van der Waals surface area contributed by atoms with Crippen LogP contribution in [-0.2, 0) is 4.79 Å². The highest BCUT2D eigenvalue weighted by Crippen LogP contribution is 2.33. The Balaban J connectivity index is 2.35. The average Bonchev–Trinajstić information content (AvgIpc) is 2.17. The Kier molecular flexibility index (Phi) is 4.35. The second-order valence-electron chi connectivity index (χ2n) is 4.71. The summed E-state index contributed by atoms with van der Waals surface area (Å²) in [4.78, 5) is 13.2. The molecule has 0 spiro atoms. The van der Waals surface area contributed by atoms with Crippen molar-refractivity contribution in [3.05, 3.63) is 0 Å². The number of carbonyl (C=O) groups excluding carboxylic acids is 1. The number of Topliss-reactive ketones (excluding diaryl/α,β-unsaturated/α-hetero) is 1. The van der Waals surface area contributed by atoms with Gasteiger partial charge >= 0.3 is 6.18 Å². The number of halogens is 3. The van der Waals surface area contributed by atoms with E-state index in [1.807, 2.05) is 18.7 Å².